The number of fused-ring (bicyclic) bond motifs is 1. The van der Waals surface area contributed by atoms with Crippen LogP contribution in [-0.4, -0.2) is 23.9 Å². The van der Waals surface area contributed by atoms with E-state index in [0.717, 1.165) is 19.2 Å². The lowest BCUT2D eigenvalue weighted by molar-refractivity contribution is -0.129. The molecule has 0 N–H and O–H groups in total. The summed E-state index contributed by atoms with van der Waals surface area (Å²) in [5, 5.41) is 0. The molecule has 1 amide bonds. The van der Waals surface area contributed by atoms with E-state index in [9.17, 15) is 13.6 Å². The van der Waals surface area contributed by atoms with Gasteiger partial charge in [0.15, 0.2) is 0 Å². The first-order chi connectivity index (χ1) is 9.13. The van der Waals surface area contributed by atoms with Gasteiger partial charge in [0.1, 0.15) is 11.6 Å². The molecule has 2 nitrogen and oxygen atoms in total. The van der Waals surface area contributed by atoms with Crippen LogP contribution >= 0.6 is 0 Å². The normalized spacial score (nSPS) is 25.7. The second kappa shape index (κ2) is 4.91. The predicted molar refractivity (Wildman–Crippen MR) is 67.5 cm³/mol. The fraction of sp³-hybridized carbons (Fsp3) is 0.533. The number of halogens is 2. The fourth-order valence-corrected chi connectivity index (χ4v) is 3.38. The van der Waals surface area contributed by atoms with Gasteiger partial charge in [0, 0.05) is 19.2 Å². The van der Waals surface area contributed by atoms with Crippen molar-refractivity contribution >= 4 is 5.91 Å². The molecule has 0 aromatic heterocycles. The molecule has 1 aromatic carbocycles. The van der Waals surface area contributed by atoms with Crippen LogP contribution in [0.25, 0.3) is 0 Å². The molecule has 102 valence electrons. The minimum atomic E-state index is -0.632. The minimum absolute atomic E-state index is 0.0333. The number of hydrogen-bond donors (Lipinski definition) is 0. The number of rotatable bonds is 2. The summed E-state index contributed by atoms with van der Waals surface area (Å²) in [6, 6.07) is 3.39. The third-order valence-corrected chi connectivity index (χ3v) is 4.44. The molecule has 19 heavy (non-hydrogen) atoms. The van der Waals surface area contributed by atoms with E-state index in [1.165, 1.54) is 31.4 Å². The SMILES string of the molecule is O=C(Cc1ccc(F)cc1F)N1CC2CCCC2C1. The van der Waals surface area contributed by atoms with E-state index in [1.54, 1.807) is 0 Å². The van der Waals surface area contributed by atoms with Gasteiger partial charge in [-0.3, -0.25) is 4.79 Å². The molecule has 3 rings (SSSR count). The quantitative estimate of drug-likeness (QED) is 0.805. The zero-order chi connectivity index (χ0) is 13.4. The molecule has 0 radical (unpaired) electrons. The molecule has 2 fully saturated rings. The molecule has 1 aliphatic heterocycles. The van der Waals surface area contributed by atoms with Crippen molar-refractivity contribution in [3.05, 3.63) is 35.4 Å². The molecule has 0 bridgehead atoms. The van der Waals surface area contributed by atoms with Gasteiger partial charge >= 0.3 is 0 Å². The van der Waals surface area contributed by atoms with E-state index in [0.29, 0.717) is 11.8 Å². The molecule has 0 spiro atoms. The second-order valence-corrected chi connectivity index (χ2v) is 5.66. The molecule has 2 atom stereocenters. The first kappa shape index (κ1) is 12.6. The van der Waals surface area contributed by atoms with Gasteiger partial charge in [-0.15, -0.1) is 0 Å². The number of benzene rings is 1. The van der Waals surface area contributed by atoms with Crippen LogP contribution in [0.4, 0.5) is 8.78 Å². The fourth-order valence-electron chi connectivity index (χ4n) is 3.38. The Labute approximate surface area is 111 Å². The van der Waals surface area contributed by atoms with Crippen LogP contribution in [0.1, 0.15) is 24.8 Å². The van der Waals surface area contributed by atoms with Gasteiger partial charge in [-0.05, 0) is 36.3 Å². The number of amides is 1. The maximum absolute atomic E-state index is 13.5. The van der Waals surface area contributed by atoms with Gasteiger partial charge < -0.3 is 4.90 Å². The van der Waals surface area contributed by atoms with E-state index < -0.39 is 11.6 Å². The summed E-state index contributed by atoms with van der Waals surface area (Å²) in [7, 11) is 0. The van der Waals surface area contributed by atoms with Crippen molar-refractivity contribution in [3.63, 3.8) is 0 Å². The highest BCUT2D eigenvalue weighted by molar-refractivity contribution is 5.79. The van der Waals surface area contributed by atoms with E-state index >= 15 is 0 Å². The summed E-state index contributed by atoms with van der Waals surface area (Å²) < 4.78 is 26.3. The van der Waals surface area contributed by atoms with Crippen LogP contribution < -0.4 is 0 Å². The summed E-state index contributed by atoms with van der Waals surface area (Å²) in [6.07, 6.45) is 3.72. The second-order valence-electron chi connectivity index (χ2n) is 5.66. The Hall–Kier alpha value is -1.45. The number of likely N-dealkylation sites (tertiary alicyclic amines) is 1. The Morgan fingerprint density at radius 1 is 1.21 bits per heavy atom. The van der Waals surface area contributed by atoms with Crippen LogP contribution in [0.3, 0.4) is 0 Å². The summed E-state index contributed by atoms with van der Waals surface area (Å²) in [4.78, 5) is 14.0. The lowest BCUT2D eigenvalue weighted by atomic mass is 10.0. The van der Waals surface area contributed by atoms with E-state index in [-0.39, 0.29) is 17.9 Å². The molecular weight excluding hydrogens is 248 g/mol. The highest BCUT2D eigenvalue weighted by atomic mass is 19.1. The first-order valence-electron chi connectivity index (χ1n) is 6.85. The van der Waals surface area contributed by atoms with Gasteiger partial charge in [0.05, 0.1) is 6.42 Å². The Morgan fingerprint density at radius 3 is 2.53 bits per heavy atom. The van der Waals surface area contributed by atoms with Crippen LogP contribution in [0, 0.1) is 23.5 Å². The molecular formula is C15H17F2NO. The van der Waals surface area contributed by atoms with Crippen molar-refractivity contribution in [2.75, 3.05) is 13.1 Å². The maximum Gasteiger partial charge on any atom is 0.227 e. The molecule has 1 aromatic rings. The lowest BCUT2D eigenvalue weighted by Crippen LogP contribution is -2.31. The standard InChI is InChI=1S/C15H17F2NO/c16-13-5-4-10(14(17)7-13)6-15(19)18-8-11-2-1-3-12(11)9-18/h4-5,7,11-12H,1-3,6,8-9H2. The molecule has 2 aliphatic rings. The van der Waals surface area contributed by atoms with E-state index in [4.69, 9.17) is 0 Å². The molecule has 2 unspecified atom stereocenters. The van der Waals surface area contributed by atoms with Crippen molar-refractivity contribution in [1.29, 1.82) is 0 Å². The Kier molecular flexibility index (Phi) is 3.25. The Morgan fingerprint density at radius 2 is 1.89 bits per heavy atom. The number of carbonyl (C=O) groups is 1. The van der Waals surface area contributed by atoms with Crippen LogP contribution in [0.15, 0.2) is 18.2 Å². The summed E-state index contributed by atoms with van der Waals surface area (Å²) in [6.45, 7) is 1.62. The topological polar surface area (TPSA) is 20.3 Å². The highest BCUT2D eigenvalue weighted by Gasteiger charge is 2.37. The molecule has 1 heterocycles. The number of hydrogen-bond acceptors (Lipinski definition) is 1. The van der Waals surface area contributed by atoms with Gasteiger partial charge in [-0.25, -0.2) is 8.78 Å². The molecule has 4 heteroatoms. The minimum Gasteiger partial charge on any atom is -0.342 e. The van der Waals surface area contributed by atoms with Crippen LogP contribution in [0.5, 0.6) is 0 Å². The van der Waals surface area contributed by atoms with Gasteiger partial charge in [-0.2, -0.15) is 0 Å². The van der Waals surface area contributed by atoms with Crippen molar-refractivity contribution in [2.45, 2.75) is 25.7 Å². The average molecular weight is 265 g/mol. The lowest BCUT2D eigenvalue weighted by Gasteiger charge is -2.17. The summed E-state index contributed by atoms with van der Waals surface area (Å²) in [5.74, 6) is 0.00100. The van der Waals surface area contributed by atoms with Crippen molar-refractivity contribution in [1.82, 2.24) is 4.90 Å². The zero-order valence-corrected chi connectivity index (χ0v) is 10.7. The largest absolute Gasteiger partial charge is 0.342 e. The third-order valence-electron chi connectivity index (χ3n) is 4.44. The van der Waals surface area contributed by atoms with Crippen molar-refractivity contribution < 1.29 is 13.6 Å². The van der Waals surface area contributed by atoms with Crippen LogP contribution in [0.2, 0.25) is 0 Å². The van der Waals surface area contributed by atoms with Crippen molar-refractivity contribution in [3.8, 4) is 0 Å². The van der Waals surface area contributed by atoms with E-state index in [1.807, 2.05) is 4.90 Å². The Balaban J connectivity index is 1.65. The molecule has 1 saturated carbocycles. The predicted octanol–water partition coefficient (Wildman–Crippen LogP) is 2.77. The highest BCUT2D eigenvalue weighted by Crippen LogP contribution is 2.37. The summed E-state index contributed by atoms with van der Waals surface area (Å²) >= 11 is 0. The molecule has 1 aliphatic carbocycles. The smallest absolute Gasteiger partial charge is 0.227 e. The first-order valence-corrected chi connectivity index (χ1v) is 6.85. The van der Waals surface area contributed by atoms with Gasteiger partial charge in [-0.1, -0.05) is 12.5 Å². The van der Waals surface area contributed by atoms with Crippen molar-refractivity contribution in [2.24, 2.45) is 11.8 Å². The Bertz CT molecular complexity index is 491. The van der Waals surface area contributed by atoms with Crippen LogP contribution in [-0.2, 0) is 11.2 Å². The number of carbonyl (C=O) groups excluding carboxylic acids is 1. The number of nitrogens with zero attached hydrogens (tertiary/aromatic N) is 1. The zero-order valence-electron chi connectivity index (χ0n) is 10.7. The average Bonchev–Trinajstić information content (AvgIpc) is 2.93. The maximum atomic E-state index is 13.5. The molecule has 1 saturated heterocycles. The monoisotopic (exact) mass is 265 g/mol. The van der Waals surface area contributed by atoms with E-state index in [2.05, 4.69) is 0 Å². The third kappa shape index (κ3) is 2.48. The summed E-state index contributed by atoms with van der Waals surface area (Å²) in [5.41, 5.74) is 0.281. The van der Waals surface area contributed by atoms with Gasteiger partial charge in [0.2, 0.25) is 5.91 Å². The van der Waals surface area contributed by atoms with Gasteiger partial charge in [0.25, 0.3) is 0 Å².